The van der Waals surface area contributed by atoms with Gasteiger partial charge < -0.3 is 4.74 Å². The Morgan fingerprint density at radius 1 is 0.815 bits per heavy atom. The zero-order valence-electron chi connectivity index (χ0n) is 16.9. The highest BCUT2D eigenvalue weighted by molar-refractivity contribution is 5.23. The molecule has 0 saturated heterocycles. The summed E-state index contributed by atoms with van der Waals surface area (Å²) in [6.45, 7) is 2.91. The second kappa shape index (κ2) is 10.4. The molecule has 3 rings (SSSR count). The highest BCUT2D eigenvalue weighted by atomic mass is 19.2. The van der Waals surface area contributed by atoms with Gasteiger partial charge in [-0.1, -0.05) is 45.4 Å². The van der Waals surface area contributed by atoms with Gasteiger partial charge in [0.25, 0.3) is 0 Å². The first-order chi connectivity index (χ1) is 13.2. The van der Waals surface area contributed by atoms with Crippen LogP contribution in [0.25, 0.3) is 0 Å². The van der Waals surface area contributed by atoms with Crippen LogP contribution in [0.3, 0.4) is 0 Å². The fraction of sp³-hybridized carbons (Fsp3) is 0.750. The van der Waals surface area contributed by atoms with E-state index in [0.29, 0.717) is 12.4 Å². The molecular formula is C24H36F2O. The summed E-state index contributed by atoms with van der Waals surface area (Å²) in [4.78, 5) is 0. The third kappa shape index (κ3) is 6.19. The minimum absolute atomic E-state index is 0.427. The monoisotopic (exact) mass is 378 g/mol. The average Bonchev–Trinajstić information content (AvgIpc) is 2.69. The number of halogens is 2. The Hall–Kier alpha value is -1.12. The quantitative estimate of drug-likeness (QED) is 0.425. The van der Waals surface area contributed by atoms with E-state index in [-0.39, 0.29) is 0 Å². The van der Waals surface area contributed by atoms with Crippen LogP contribution < -0.4 is 4.74 Å². The Morgan fingerprint density at radius 2 is 1.41 bits per heavy atom. The molecule has 1 nitrogen and oxygen atoms in total. The lowest BCUT2D eigenvalue weighted by Crippen LogP contribution is -2.26. The van der Waals surface area contributed by atoms with E-state index in [2.05, 4.69) is 6.92 Å². The van der Waals surface area contributed by atoms with Crippen molar-refractivity contribution in [1.82, 2.24) is 0 Å². The first-order valence-corrected chi connectivity index (χ1v) is 11.2. The number of ether oxygens (including phenoxy) is 1. The average molecular weight is 379 g/mol. The molecule has 0 heterocycles. The van der Waals surface area contributed by atoms with Gasteiger partial charge in [0.2, 0.25) is 0 Å². The molecule has 27 heavy (non-hydrogen) atoms. The van der Waals surface area contributed by atoms with Gasteiger partial charge in [-0.25, -0.2) is 8.78 Å². The molecular weight excluding hydrogens is 342 g/mol. The standard InChI is InChI=1S/C24H36F2O/c1-2-4-18-6-10-20(11-7-18)21-12-8-19(9-13-21)5-3-16-27-22-14-15-23(25)24(26)17-22/h14-15,17-21H,2-13,16H2,1H3/t18-,19-,20-,21-. The molecule has 0 N–H and O–H groups in total. The van der Waals surface area contributed by atoms with E-state index in [1.807, 2.05) is 0 Å². The lowest BCUT2D eigenvalue weighted by Gasteiger charge is -2.38. The first-order valence-electron chi connectivity index (χ1n) is 11.2. The van der Waals surface area contributed by atoms with Crippen molar-refractivity contribution in [3.63, 3.8) is 0 Å². The van der Waals surface area contributed by atoms with Gasteiger partial charge >= 0.3 is 0 Å². The fourth-order valence-corrected chi connectivity index (χ4v) is 5.43. The molecule has 0 unspecified atom stereocenters. The van der Waals surface area contributed by atoms with Crippen molar-refractivity contribution in [3.8, 4) is 5.75 Å². The van der Waals surface area contributed by atoms with E-state index < -0.39 is 11.6 Å². The molecule has 0 aromatic heterocycles. The van der Waals surface area contributed by atoms with E-state index in [1.54, 1.807) is 0 Å². The predicted molar refractivity (Wildman–Crippen MR) is 107 cm³/mol. The normalized spacial score (nSPS) is 28.9. The summed E-state index contributed by atoms with van der Waals surface area (Å²) in [6, 6.07) is 3.76. The van der Waals surface area contributed by atoms with Crippen LogP contribution in [-0.2, 0) is 0 Å². The highest BCUT2D eigenvalue weighted by Gasteiger charge is 2.30. The van der Waals surface area contributed by atoms with Crippen molar-refractivity contribution in [3.05, 3.63) is 29.8 Å². The van der Waals surface area contributed by atoms with E-state index in [1.165, 1.54) is 76.7 Å². The number of hydrogen-bond acceptors (Lipinski definition) is 1. The molecule has 2 saturated carbocycles. The van der Waals surface area contributed by atoms with Crippen LogP contribution in [-0.4, -0.2) is 6.61 Å². The summed E-state index contributed by atoms with van der Waals surface area (Å²) in [5.41, 5.74) is 0. The molecule has 1 aromatic rings. The van der Waals surface area contributed by atoms with Gasteiger partial charge in [0, 0.05) is 6.07 Å². The van der Waals surface area contributed by atoms with Crippen molar-refractivity contribution < 1.29 is 13.5 Å². The van der Waals surface area contributed by atoms with Crippen LogP contribution >= 0.6 is 0 Å². The van der Waals surface area contributed by atoms with Crippen molar-refractivity contribution >= 4 is 0 Å². The van der Waals surface area contributed by atoms with Gasteiger partial charge in [0.1, 0.15) is 5.75 Å². The molecule has 1 aromatic carbocycles. The minimum atomic E-state index is -0.838. The molecule has 3 heteroatoms. The Morgan fingerprint density at radius 3 is 1.96 bits per heavy atom. The molecule has 0 bridgehead atoms. The Labute approximate surface area is 163 Å². The summed E-state index contributed by atoms with van der Waals surface area (Å²) >= 11 is 0. The van der Waals surface area contributed by atoms with Crippen LogP contribution in [0.2, 0.25) is 0 Å². The molecule has 0 spiro atoms. The van der Waals surface area contributed by atoms with Crippen molar-refractivity contribution in [2.24, 2.45) is 23.7 Å². The number of benzene rings is 1. The second-order valence-corrected chi connectivity index (χ2v) is 8.92. The molecule has 2 fully saturated rings. The third-order valence-corrected chi connectivity index (χ3v) is 7.06. The van der Waals surface area contributed by atoms with E-state index >= 15 is 0 Å². The Bertz CT molecular complexity index is 557. The van der Waals surface area contributed by atoms with Crippen molar-refractivity contribution in [2.75, 3.05) is 6.61 Å². The Kier molecular flexibility index (Phi) is 7.96. The maximum absolute atomic E-state index is 13.2. The van der Waals surface area contributed by atoms with Crippen LogP contribution in [0.4, 0.5) is 8.78 Å². The lowest BCUT2D eigenvalue weighted by atomic mass is 9.68. The van der Waals surface area contributed by atoms with Gasteiger partial charge in [-0.15, -0.1) is 0 Å². The summed E-state index contributed by atoms with van der Waals surface area (Å²) in [6.07, 6.45) is 16.4. The Balaban J connectivity index is 1.29. The lowest BCUT2D eigenvalue weighted by molar-refractivity contribution is 0.138. The summed E-state index contributed by atoms with van der Waals surface area (Å²) in [7, 11) is 0. The van der Waals surface area contributed by atoms with Crippen molar-refractivity contribution in [2.45, 2.75) is 84.0 Å². The first kappa shape index (κ1) is 20.6. The molecule has 2 aliphatic rings. The summed E-state index contributed by atoms with van der Waals surface area (Å²) in [5, 5.41) is 0. The maximum Gasteiger partial charge on any atom is 0.162 e. The van der Waals surface area contributed by atoms with Crippen LogP contribution in [0.1, 0.15) is 84.0 Å². The largest absolute Gasteiger partial charge is 0.493 e. The summed E-state index contributed by atoms with van der Waals surface area (Å²) in [5.74, 6) is 2.57. The van der Waals surface area contributed by atoms with E-state index in [4.69, 9.17) is 4.74 Å². The van der Waals surface area contributed by atoms with E-state index in [9.17, 15) is 8.78 Å². The highest BCUT2D eigenvalue weighted by Crippen LogP contribution is 2.42. The zero-order chi connectivity index (χ0) is 19.1. The molecule has 0 aliphatic heterocycles. The van der Waals surface area contributed by atoms with Crippen LogP contribution in [0, 0.1) is 35.3 Å². The number of rotatable bonds is 8. The third-order valence-electron chi connectivity index (χ3n) is 7.06. The molecule has 0 amide bonds. The topological polar surface area (TPSA) is 9.23 Å². The zero-order valence-corrected chi connectivity index (χ0v) is 16.9. The molecule has 2 aliphatic carbocycles. The second-order valence-electron chi connectivity index (χ2n) is 8.92. The van der Waals surface area contributed by atoms with Crippen LogP contribution in [0.5, 0.6) is 5.75 Å². The van der Waals surface area contributed by atoms with Gasteiger partial charge in [-0.05, 0) is 74.3 Å². The van der Waals surface area contributed by atoms with E-state index in [0.717, 1.165) is 42.2 Å². The molecule has 152 valence electrons. The van der Waals surface area contributed by atoms with Gasteiger partial charge in [-0.2, -0.15) is 0 Å². The van der Waals surface area contributed by atoms with Gasteiger partial charge in [0.15, 0.2) is 11.6 Å². The molecule has 0 radical (unpaired) electrons. The molecule has 0 atom stereocenters. The summed E-state index contributed by atoms with van der Waals surface area (Å²) < 4.78 is 31.7. The number of hydrogen-bond donors (Lipinski definition) is 0. The minimum Gasteiger partial charge on any atom is -0.493 e. The van der Waals surface area contributed by atoms with Crippen LogP contribution in [0.15, 0.2) is 18.2 Å². The smallest absolute Gasteiger partial charge is 0.162 e. The van der Waals surface area contributed by atoms with Crippen molar-refractivity contribution in [1.29, 1.82) is 0 Å². The maximum atomic E-state index is 13.2. The van der Waals surface area contributed by atoms with Gasteiger partial charge in [-0.3, -0.25) is 0 Å². The predicted octanol–water partition coefficient (Wildman–Crippen LogP) is 7.54. The SMILES string of the molecule is CCC[C@H]1CC[C@H]([C@H]2CC[C@H](CCCOc3ccc(F)c(F)c3)CC2)CC1. The van der Waals surface area contributed by atoms with Gasteiger partial charge in [0.05, 0.1) is 6.61 Å². The fourth-order valence-electron chi connectivity index (χ4n) is 5.43.